The zero-order chi connectivity index (χ0) is 14.1. The van der Waals surface area contributed by atoms with Crippen molar-refractivity contribution in [3.05, 3.63) is 24.3 Å². The van der Waals surface area contributed by atoms with Crippen molar-refractivity contribution >= 4 is 5.91 Å². The van der Waals surface area contributed by atoms with Crippen LogP contribution in [0.3, 0.4) is 0 Å². The average Bonchev–Trinajstić information content (AvgIpc) is 2.43. The molecule has 0 saturated carbocycles. The SMILES string of the molecule is CCCC(O)CNC(=O)COc1ccccc1OC. The summed E-state index contributed by atoms with van der Waals surface area (Å²) >= 11 is 0. The molecule has 1 unspecified atom stereocenters. The molecule has 0 aromatic heterocycles. The first-order chi connectivity index (χ1) is 9.17. The molecule has 0 radical (unpaired) electrons. The monoisotopic (exact) mass is 267 g/mol. The molecule has 0 heterocycles. The van der Waals surface area contributed by atoms with Crippen molar-refractivity contribution in [1.82, 2.24) is 5.32 Å². The third-order valence-electron chi connectivity index (χ3n) is 2.58. The lowest BCUT2D eigenvalue weighted by Crippen LogP contribution is -2.35. The number of aliphatic hydroxyl groups is 1. The Balaban J connectivity index is 2.33. The lowest BCUT2D eigenvalue weighted by Gasteiger charge is -2.12. The van der Waals surface area contributed by atoms with Crippen LogP contribution < -0.4 is 14.8 Å². The Morgan fingerprint density at radius 1 is 1.37 bits per heavy atom. The van der Waals surface area contributed by atoms with Gasteiger partial charge in [-0.15, -0.1) is 0 Å². The number of carbonyl (C=O) groups is 1. The number of ether oxygens (including phenoxy) is 2. The molecule has 0 saturated heterocycles. The smallest absolute Gasteiger partial charge is 0.258 e. The Bertz CT molecular complexity index is 395. The van der Waals surface area contributed by atoms with E-state index in [2.05, 4.69) is 5.32 Å². The van der Waals surface area contributed by atoms with E-state index in [0.29, 0.717) is 17.9 Å². The molecule has 1 aromatic carbocycles. The van der Waals surface area contributed by atoms with Gasteiger partial charge < -0.3 is 19.9 Å². The summed E-state index contributed by atoms with van der Waals surface area (Å²) in [7, 11) is 1.55. The number of methoxy groups -OCH3 is 1. The molecule has 0 aliphatic carbocycles. The lowest BCUT2D eigenvalue weighted by atomic mass is 10.2. The van der Waals surface area contributed by atoms with E-state index < -0.39 is 6.10 Å². The standard InChI is InChI=1S/C14H21NO4/c1-3-6-11(16)9-15-14(17)10-19-13-8-5-4-7-12(13)18-2/h4-5,7-8,11,16H,3,6,9-10H2,1-2H3,(H,15,17). The Morgan fingerprint density at radius 2 is 2.05 bits per heavy atom. The van der Waals surface area contributed by atoms with Gasteiger partial charge in [-0.2, -0.15) is 0 Å². The van der Waals surface area contributed by atoms with Crippen molar-refractivity contribution in [3.8, 4) is 11.5 Å². The van der Waals surface area contributed by atoms with E-state index in [4.69, 9.17) is 9.47 Å². The van der Waals surface area contributed by atoms with Gasteiger partial charge in [-0.1, -0.05) is 25.5 Å². The molecule has 1 amide bonds. The minimum atomic E-state index is -0.500. The van der Waals surface area contributed by atoms with Gasteiger partial charge in [-0.05, 0) is 18.6 Å². The van der Waals surface area contributed by atoms with Gasteiger partial charge in [0.25, 0.3) is 5.91 Å². The molecule has 0 bridgehead atoms. The first kappa shape index (κ1) is 15.3. The van der Waals surface area contributed by atoms with Crippen LogP contribution in [0, 0.1) is 0 Å². The summed E-state index contributed by atoms with van der Waals surface area (Å²) in [6, 6.07) is 7.13. The van der Waals surface area contributed by atoms with Gasteiger partial charge in [0.15, 0.2) is 18.1 Å². The molecule has 5 nitrogen and oxygen atoms in total. The summed E-state index contributed by atoms with van der Waals surface area (Å²) in [5.74, 6) is 0.844. The van der Waals surface area contributed by atoms with E-state index in [0.717, 1.165) is 6.42 Å². The van der Waals surface area contributed by atoms with Gasteiger partial charge in [0, 0.05) is 6.54 Å². The van der Waals surface area contributed by atoms with Crippen LogP contribution in [0.5, 0.6) is 11.5 Å². The van der Waals surface area contributed by atoms with E-state index in [1.54, 1.807) is 25.3 Å². The molecular formula is C14H21NO4. The van der Waals surface area contributed by atoms with Crippen LogP contribution in [-0.4, -0.2) is 37.4 Å². The summed E-state index contributed by atoms with van der Waals surface area (Å²) in [4.78, 5) is 11.5. The van der Waals surface area contributed by atoms with Crippen molar-refractivity contribution in [2.45, 2.75) is 25.9 Å². The van der Waals surface area contributed by atoms with E-state index in [9.17, 15) is 9.90 Å². The fraction of sp³-hybridized carbons (Fsp3) is 0.500. The van der Waals surface area contributed by atoms with E-state index in [1.807, 2.05) is 13.0 Å². The summed E-state index contributed by atoms with van der Waals surface area (Å²) < 4.78 is 10.5. The first-order valence-corrected chi connectivity index (χ1v) is 6.38. The van der Waals surface area contributed by atoms with Gasteiger partial charge in [-0.25, -0.2) is 0 Å². The fourth-order valence-electron chi connectivity index (χ4n) is 1.60. The number of aliphatic hydroxyl groups excluding tert-OH is 1. The average molecular weight is 267 g/mol. The summed E-state index contributed by atoms with van der Waals surface area (Å²) in [5, 5.41) is 12.1. The second-order valence-corrected chi connectivity index (χ2v) is 4.19. The van der Waals surface area contributed by atoms with E-state index >= 15 is 0 Å². The van der Waals surface area contributed by atoms with E-state index in [-0.39, 0.29) is 19.1 Å². The molecule has 0 aliphatic rings. The predicted molar refractivity (Wildman–Crippen MR) is 72.4 cm³/mol. The van der Waals surface area contributed by atoms with Crippen LogP contribution in [0.4, 0.5) is 0 Å². The maximum absolute atomic E-state index is 11.5. The predicted octanol–water partition coefficient (Wildman–Crippen LogP) is 1.35. The highest BCUT2D eigenvalue weighted by Crippen LogP contribution is 2.25. The zero-order valence-electron chi connectivity index (χ0n) is 11.4. The van der Waals surface area contributed by atoms with Crippen LogP contribution >= 0.6 is 0 Å². The maximum atomic E-state index is 11.5. The zero-order valence-corrected chi connectivity index (χ0v) is 11.4. The lowest BCUT2D eigenvalue weighted by molar-refractivity contribution is -0.123. The van der Waals surface area contributed by atoms with Gasteiger partial charge in [0.2, 0.25) is 0 Å². The minimum absolute atomic E-state index is 0.0980. The highest BCUT2D eigenvalue weighted by Gasteiger charge is 2.08. The number of rotatable bonds is 8. The van der Waals surface area contributed by atoms with Crippen LogP contribution in [0.1, 0.15) is 19.8 Å². The highest BCUT2D eigenvalue weighted by atomic mass is 16.5. The molecule has 106 valence electrons. The number of hydrogen-bond acceptors (Lipinski definition) is 4. The third kappa shape index (κ3) is 5.61. The van der Waals surface area contributed by atoms with Crippen molar-refractivity contribution in [3.63, 3.8) is 0 Å². The van der Waals surface area contributed by atoms with Gasteiger partial charge in [-0.3, -0.25) is 4.79 Å². The summed E-state index contributed by atoms with van der Waals surface area (Å²) in [6.45, 7) is 2.14. The third-order valence-corrected chi connectivity index (χ3v) is 2.58. The molecule has 19 heavy (non-hydrogen) atoms. The normalized spacial score (nSPS) is 11.7. The molecule has 1 rings (SSSR count). The number of carbonyl (C=O) groups excluding carboxylic acids is 1. The van der Waals surface area contributed by atoms with Crippen molar-refractivity contribution in [2.75, 3.05) is 20.3 Å². The molecule has 0 aliphatic heterocycles. The minimum Gasteiger partial charge on any atom is -0.493 e. The van der Waals surface area contributed by atoms with Gasteiger partial charge >= 0.3 is 0 Å². The number of nitrogens with one attached hydrogen (secondary N) is 1. The largest absolute Gasteiger partial charge is 0.493 e. The first-order valence-electron chi connectivity index (χ1n) is 6.38. The van der Waals surface area contributed by atoms with Crippen molar-refractivity contribution in [2.24, 2.45) is 0 Å². The quantitative estimate of drug-likeness (QED) is 0.746. The van der Waals surface area contributed by atoms with Crippen LogP contribution in [0.15, 0.2) is 24.3 Å². The van der Waals surface area contributed by atoms with E-state index in [1.165, 1.54) is 0 Å². The summed E-state index contributed by atoms with van der Waals surface area (Å²) in [6.07, 6.45) is 1.06. The number of hydrogen-bond donors (Lipinski definition) is 2. The molecule has 5 heteroatoms. The summed E-state index contributed by atoms with van der Waals surface area (Å²) in [5.41, 5.74) is 0. The second-order valence-electron chi connectivity index (χ2n) is 4.19. The second kappa shape index (κ2) is 8.37. The molecule has 2 N–H and O–H groups in total. The molecule has 0 fully saturated rings. The number of para-hydroxylation sites is 2. The molecular weight excluding hydrogens is 246 g/mol. The Labute approximate surface area is 113 Å². The van der Waals surface area contributed by atoms with Crippen molar-refractivity contribution < 1.29 is 19.4 Å². The molecule has 0 spiro atoms. The molecule has 1 atom stereocenters. The maximum Gasteiger partial charge on any atom is 0.258 e. The van der Waals surface area contributed by atoms with Gasteiger partial charge in [0.05, 0.1) is 13.2 Å². The number of amides is 1. The topological polar surface area (TPSA) is 67.8 Å². The Kier molecular flexibility index (Phi) is 6.74. The van der Waals surface area contributed by atoms with Crippen LogP contribution in [-0.2, 0) is 4.79 Å². The Hall–Kier alpha value is -1.75. The van der Waals surface area contributed by atoms with Crippen molar-refractivity contribution in [1.29, 1.82) is 0 Å². The van der Waals surface area contributed by atoms with Crippen LogP contribution in [0.2, 0.25) is 0 Å². The van der Waals surface area contributed by atoms with Gasteiger partial charge in [0.1, 0.15) is 0 Å². The Morgan fingerprint density at radius 3 is 2.68 bits per heavy atom. The fourth-order valence-corrected chi connectivity index (χ4v) is 1.60. The molecule has 1 aromatic rings. The number of benzene rings is 1. The van der Waals surface area contributed by atoms with Crippen LogP contribution in [0.25, 0.3) is 0 Å². The highest BCUT2D eigenvalue weighted by molar-refractivity contribution is 5.77.